The maximum Gasteiger partial charge on any atom is 0.357 e. The maximum atomic E-state index is 12.9. The zero-order valence-corrected chi connectivity index (χ0v) is 19.2. The molecular weight excluding hydrogens is 442 g/mol. The Hall–Kier alpha value is -3.23. The molecule has 0 aliphatic carbocycles. The van der Waals surface area contributed by atoms with Crippen molar-refractivity contribution in [3.8, 4) is 0 Å². The molecule has 1 atom stereocenters. The first-order chi connectivity index (χ1) is 15.6. The van der Waals surface area contributed by atoms with Gasteiger partial charge in [0, 0.05) is 17.3 Å². The van der Waals surface area contributed by atoms with Crippen molar-refractivity contribution in [3.05, 3.63) is 93.4 Å². The topological polar surface area (TPSA) is 73.2 Å². The van der Waals surface area contributed by atoms with Gasteiger partial charge in [0.2, 0.25) is 5.91 Å². The number of aromatic nitrogens is 2. The van der Waals surface area contributed by atoms with E-state index >= 15 is 0 Å². The third-order valence-electron chi connectivity index (χ3n) is 5.10. The van der Waals surface area contributed by atoms with Crippen LogP contribution in [0, 0.1) is 0 Å². The first-order valence-electron chi connectivity index (χ1n) is 10.2. The number of thiophene rings is 1. The highest BCUT2D eigenvalue weighted by molar-refractivity contribution is 7.16. The van der Waals surface area contributed by atoms with Crippen LogP contribution in [-0.2, 0) is 22.4 Å². The SMILES string of the molecule is COC(=O)c1nc(NC(=O)CC(c2ccsc2)n2cccc2)sc1CCc1ccccc1. The third kappa shape index (κ3) is 5.33. The van der Waals surface area contributed by atoms with Crippen molar-refractivity contribution in [1.29, 1.82) is 0 Å². The van der Waals surface area contributed by atoms with E-state index in [4.69, 9.17) is 4.74 Å². The Morgan fingerprint density at radius 1 is 1.09 bits per heavy atom. The van der Waals surface area contributed by atoms with E-state index in [0.29, 0.717) is 11.6 Å². The Morgan fingerprint density at radius 3 is 2.56 bits per heavy atom. The average molecular weight is 466 g/mol. The van der Waals surface area contributed by atoms with Crippen molar-refractivity contribution in [2.75, 3.05) is 12.4 Å². The number of thiazole rings is 1. The number of benzene rings is 1. The number of rotatable bonds is 9. The molecule has 3 aromatic heterocycles. The smallest absolute Gasteiger partial charge is 0.357 e. The number of methoxy groups -OCH3 is 1. The molecule has 0 saturated carbocycles. The number of nitrogens with one attached hydrogen (secondary N) is 1. The second kappa shape index (κ2) is 10.4. The molecule has 0 saturated heterocycles. The summed E-state index contributed by atoms with van der Waals surface area (Å²) in [5.74, 6) is -0.650. The van der Waals surface area contributed by atoms with Crippen LogP contribution in [0.1, 0.15) is 39.0 Å². The summed E-state index contributed by atoms with van der Waals surface area (Å²) >= 11 is 2.93. The Morgan fingerprint density at radius 2 is 1.88 bits per heavy atom. The number of nitrogens with zero attached hydrogens (tertiary/aromatic N) is 2. The van der Waals surface area contributed by atoms with Crippen LogP contribution in [0.4, 0.5) is 5.13 Å². The molecule has 8 heteroatoms. The van der Waals surface area contributed by atoms with Crippen LogP contribution in [0.25, 0.3) is 0 Å². The van der Waals surface area contributed by atoms with Crippen molar-refractivity contribution in [1.82, 2.24) is 9.55 Å². The Kier molecular flexibility index (Phi) is 7.14. The van der Waals surface area contributed by atoms with Crippen LogP contribution in [0.2, 0.25) is 0 Å². The fraction of sp³-hybridized carbons (Fsp3) is 0.208. The van der Waals surface area contributed by atoms with E-state index in [-0.39, 0.29) is 24.1 Å². The molecule has 1 N–H and O–H groups in total. The minimum absolute atomic E-state index is 0.103. The number of hydrogen-bond donors (Lipinski definition) is 1. The van der Waals surface area contributed by atoms with Gasteiger partial charge in [0.05, 0.1) is 19.6 Å². The van der Waals surface area contributed by atoms with Gasteiger partial charge in [-0.25, -0.2) is 9.78 Å². The molecule has 1 amide bonds. The molecule has 4 rings (SSSR count). The molecule has 1 aromatic carbocycles. The highest BCUT2D eigenvalue weighted by Gasteiger charge is 2.22. The van der Waals surface area contributed by atoms with Crippen molar-refractivity contribution in [2.45, 2.75) is 25.3 Å². The van der Waals surface area contributed by atoms with Crippen molar-refractivity contribution in [2.24, 2.45) is 0 Å². The summed E-state index contributed by atoms with van der Waals surface area (Å²) in [5, 5.41) is 7.36. The second-order valence-electron chi connectivity index (χ2n) is 7.22. The van der Waals surface area contributed by atoms with Crippen LogP contribution in [0.3, 0.4) is 0 Å². The first-order valence-corrected chi connectivity index (χ1v) is 12.0. The minimum Gasteiger partial charge on any atom is -0.464 e. The lowest BCUT2D eigenvalue weighted by molar-refractivity contribution is -0.116. The van der Waals surface area contributed by atoms with Gasteiger partial charge < -0.3 is 14.6 Å². The Balaban J connectivity index is 1.48. The number of carbonyl (C=O) groups is 2. The summed E-state index contributed by atoms with van der Waals surface area (Å²) in [5.41, 5.74) is 2.52. The molecule has 6 nitrogen and oxygen atoms in total. The van der Waals surface area contributed by atoms with E-state index in [1.165, 1.54) is 24.0 Å². The quantitative estimate of drug-likeness (QED) is 0.345. The summed E-state index contributed by atoms with van der Waals surface area (Å²) in [7, 11) is 1.34. The number of ether oxygens (including phenoxy) is 1. The molecular formula is C24H23N3O3S2. The van der Waals surface area contributed by atoms with Gasteiger partial charge in [-0.1, -0.05) is 30.3 Å². The van der Waals surface area contributed by atoms with E-state index in [1.807, 2.05) is 70.9 Å². The van der Waals surface area contributed by atoms with Crippen LogP contribution in [-0.4, -0.2) is 28.5 Å². The number of aryl methyl sites for hydroxylation is 2. The van der Waals surface area contributed by atoms with E-state index in [2.05, 4.69) is 15.7 Å². The molecule has 0 fully saturated rings. The van der Waals surface area contributed by atoms with Gasteiger partial charge >= 0.3 is 5.97 Å². The predicted molar refractivity (Wildman–Crippen MR) is 127 cm³/mol. The summed E-state index contributed by atoms with van der Waals surface area (Å²) in [6, 6.07) is 15.9. The minimum atomic E-state index is -0.492. The van der Waals surface area contributed by atoms with Crippen LogP contribution >= 0.6 is 22.7 Å². The number of esters is 1. The number of hydrogen-bond acceptors (Lipinski definition) is 6. The maximum absolute atomic E-state index is 12.9. The normalized spacial score (nSPS) is 11.8. The summed E-state index contributed by atoms with van der Waals surface area (Å²) in [6.07, 6.45) is 5.58. The molecule has 0 radical (unpaired) electrons. The highest BCUT2D eigenvalue weighted by Crippen LogP contribution is 2.28. The van der Waals surface area contributed by atoms with Gasteiger partial charge in [-0.2, -0.15) is 11.3 Å². The molecule has 32 heavy (non-hydrogen) atoms. The fourth-order valence-electron chi connectivity index (χ4n) is 3.49. The molecule has 4 aromatic rings. The van der Waals surface area contributed by atoms with Crippen molar-refractivity contribution < 1.29 is 14.3 Å². The molecule has 0 bridgehead atoms. The summed E-state index contributed by atoms with van der Waals surface area (Å²) < 4.78 is 6.92. The standard InChI is InChI=1S/C24H23N3O3S2/c1-30-23(29)22-20(10-9-17-7-3-2-4-8-17)32-24(26-22)25-21(28)15-19(18-11-14-31-16-18)27-12-5-6-13-27/h2-8,11-14,16,19H,9-10,15H2,1H3,(H,25,26,28). The van der Waals surface area contributed by atoms with Gasteiger partial charge in [0.1, 0.15) is 0 Å². The van der Waals surface area contributed by atoms with Crippen LogP contribution < -0.4 is 5.32 Å². The molecule has 164 valence electrons. The second-order valence-corrected chi connectivity index (χ2v) is 9.09. The highest BCUT2D eigenvalue weighted by atomic mass is 32.1. The average Bonchev–Trinajstić information content (AvgIpc) is 3.58. The molecule has 0 aliphatic rings. The largest absolute Gasteiger partial charge is 0.464 e. The van der Waals surface area contributed by atoms with Crippen LogP contribution in [0.15, 0.2) is 71.7 Å². The molecule has 0 spiro atoms. The molecule has 1 unspecified atom stereocenters. The van der Waals surface area contributed by atoms with Crippen molar-refractivity contribution in [3.63, 3.8) is 0 Å². The van der Waals surface area contributed by atoms with Gasteiger partial charge in [-0.05, 0) is 52.9 Å². The Labute approximate surface area is 194 Å². The van der Waals surface area contributed by atoms with Crippen LogP contribution in [0.5, 0.6) is 0 Å². The molecule has 0 aliphatic heterocycles. The van der Waals surface area contributed by atoms with E-state index in [1.54, 1.807) is 11.3 Å². The summed E-state index contributed by atoms with van der Waals surface area (Å²) in [4.78, 5) is 30.3. The molecule has 3 heterocycles. The van der Waals surface area contributed by atoms with E-state index in [0.717, 1.165) is 16.9 Å². The lowest BCUT2D eigenvalue weighted by atomic mass is 10.1. The van der Waals surface area contributed by atoms with Crippen molar-refractivity contribution >= 4 is 39.7 Å². The summed E-state index contributed by atoms with van der Waals surface area (Å²) in [6.45, 7) is 0. The number of anilines is 1. The third-order valence-corrected chi connectivity index (χ3v) is 6.83. The zero-order chi connectivity index (χ0) is 22.3. The van der Waals surface area contributed by atoms with E-state index in [9.17, 15) is 9.59 Å². The lowest BCUT2D eigenvalue weighted by Gasteiger charge is -2.17. The number of amides is 1. The van der Waals surface area contributed by atoms with Gasteiger partial charge in [0.15, 0.2) is 10.8 Å². The zero-order valence-electron chi connectivity index (χ0n) is 17.6. The Bertz CT molecular complexity index is 1120. The first kappa shape index (κ1) is 22.0. The van der Waals surface area contributed by atoms with Gasteiger partial charge in [-0.15, -0.1) is 11.3 Å². The lowest BCUT2D eigenvalue weighted by Crippen LogP contribution is -2.19. The number of carbonyl (C=O) groups excluding carboxylic acids is 2. The fourth-order valence-corrected chi connectivity index (χ4v) is 5.17. The monoisotopic (exact) mass is 465 g/mol. The van der Waals surface area contributed by atoms with Gasteiger partial charge in [-0.3, -0.25) is 4.79 Å². The van der Waals surface area contributed by atoms with E-state index < -0.39 is 5.97 Å². The van der Waals surface area contributed by atoms with Gasteiger partial charge in [0.25, 0.3) is 0 Å². The predicted octanol–water partition coefficient (Wildman–Crippen LogP) is 5.20.